The smallest absolute Gasteiger partial charge is 0.310 e. The van der Waals surface area contributed by atoms with Crippen molar-refractivity contribution in [3.05, 3.63) is 0 Å². The van der Waals surface area contributed by atoms with Gasteiger partial charge in [-0.15, -0.1) is 0 Å². The molecule has 5 heteroatoms. The maximum Gasteiger partial charge on any atom is 0.310 e. The van der Waals surface area contributed by atoms with Crippen molar-refractivity contribution in [3.63, 3.8) is 0 Å². The number of carbonyl (C=O) groups excluding carboxylic acids is 1. The van der Waals surface area contributed by atoms with E-state index in [2.05, 4.69) is 10.2 Å². The maximum absolute atomic E-state index is 12.1. The Labute approximate surface area is 128 Å². The molecule has 0 aromatic heterocycles. The van der Waals surface area contributed by atoms with E-state index >= 15 is 0 Å². The zero-order chi connectivity index (χ0) is 16.0. The Morgan fingerprint density at radius 2 is 1.76 bits per heavy atom. The van der Waals surface area contributed by atoms with Crippen LogP contribution in [-0.4, -0.2) is 47.6 Å². The lowest BCUT2D eigenvalue weighted by Gasteiger charge is -2.31. The van der Waals surface area contributed by atoms with Crippen molar-refractivity contribution in [2.24, 2.45) is 11.3 Å². The molecule has 2 N–H and O–H groups in total. The third-order valence-electron chi connectivity index (χ3n) is 4.68. The molecule has 0 saturated carbocycles. The van der Waals surface area contributed by atoms with Gasteiger partial charge < -0.3 is 15.3 Å². The number of aliphatic carboxylic acids is 1. The Kier molecular flexibility index (Phi) is 6.65. The lowest BCUT2D eigenvalue weighted by atomic mass is 9.76. The SMILES string of the molecule is CC(CN1CCCCC1)NC(=O)CC(C)(C(=O)O)C(C)C. The van der Waals surface area contributed by atoms with E-state index in [1.165, 1.54) is 19.3 Å². The summed E-state index contributed by atoms with van der Waals surface area (Å²) in [6, 6.07) is 0.0563. The second kappa shape index (κ2) is 7.78. The molecular weight excluding hydrogens is 268 g/mol. The van der Waals surface area contributed by atoms with Crippen LogP contribution < -0.4 is 5.32 Å². The minimum atomic E-state index is -1.01. The van der Waals surface area contributed by atoms with Crippen LogP contribution in [0, 0.1) is 11.3 Å². The molecule has 0 radical (unpaired) electrons. The fraction of sp³-hybridized carbons (Fsp3) is 0.875. The molecule has 0 aliphatic carbocycles. The Morgan fingerprint density at radius 3 is 2.24 bits per heavy atom. The third kappa shape index (κ3) is 5.30. The number of carboxylic acids is 1. The fourth-order valence-corrected chi connectivity index (χ4v) is 2.76. The van der Waals surface area contributed by atoms with Gasteiger partial charge in [-0.25, -0.2) is 0 Å². The first-order chi connectivity index (χ1) is 9.75. The molecule has 2 unspecified atom stereocenters. The first-order valence-corrected chi connectivity index (χ1v) is 8.01. The molecular formula is C16H30N2O3. The number of nitrogens with zero attached hydrogens (tertiary/aromatic N) is 1. The zero-order valence-electron chi connectivity index (χ0n) is 13.8. The second-order valence-corrected chi connectivity index (χ2v) is 6.88. The van der Waals surface area contributed by atoms with E-state index < -0.39 is 11.4 Å². The monoisotopic (exact) mass is 298 g/mol. The quantitative estimate of drug-likeness (QED) is 0.755. The second-order valence-electron chi connectivity index (χ2n) is 6.88. The van der Waals surface area contributed by atoms with Gasteiger partial charge in [-0.2, -0.15) is 0 Å². The van der Waals surface area contributed by atoms with Gasteiger partial charge in [0.05, 0.1) is 5.41 Å². The number of amides is 1. The number of rotatable bonds is 7. The third-order valence-corrected chi connectivity index (χ3v) is 4.68. The fourth-order valence-electron chi connectivity index (χ4n) is 2.76. The van der Waals surface area contributed by atoms with Gasteiger partial charge in [0.25, 0.3) is 0 Å². The Morgan fingerprint density at radius 1 is 1.19 bits per heavy atom. The van der Waals surface area contributed by atoms with E-state index in [-0.39, 0.29) is 24.3 Å². The van der Waals surface area contributed by atoms with Crippen LogP contribution >= 0.6 is 0 Å². The predicted molar refractivity (Wildman–Crippen MR) is 83.1 cm³/mol. The number of hydrogen-bond acceptors (Lipinski definition) is 3. The number of nitrogens with one attached hydrogen (secondary N) is 1. The van der Waals surface area contributed by atoms with Crippen LogP contribution in [0.2, 0.25) is 0 Å². The molecule has 0 aromatic carbocycles. The molecule has 1 heterocycles. The van der Waals surface area contributed by atoms with E-state index in [4.69, 9.17) is 0 Å². The van der Waals surface area contributed by atoms with E-state index in [1.54, 1.807) is 6.92 Å². The average molecular weight is 298 g/mol. The van der Waals surface area contributed by atoms with E-state index in [0.29, 0.717) is 0 Å². The lowest BCUT2D eigenvalue weighted by Crippen LogP contribution is -2.46. The van der Waals surface area contributed by atoms with Crippen LogP contribution in [0.5, 0.6) is 0 Å². The van der Waals surface area contributed by atoms with E-state index in [0.717, 1.165) is 19.6 Å². The average Bonchev–Trinajstić information content (AvgIpc) is 2.38. The topological polar surface area (TPSA) is 69.6 Å². The van der Waals surface area contributed by atoms with Crippen LogP contribution in [0.3, 0.4) is 0 Å². The van der Waals surface area contributed by atoms with Crippen LogP contribution in [0.15, 0.2) is 0 Å². The number of carbonyl (C=O) groups is 2. The standard InChI is InChI=1S/C16H30N2O3/c1-12(2)16(4,15(20)21)10-14(19)17-13(3)11-18-8-6-5-7-9-18/h12-13H,5-11H2,1-4H3,(H,17,19)(H,20,21). The van der Waals surface area contributed by atoms with Gasteiger partial charge in [-0.1, -0.05) is 20.3 Å². The van der Waals surface area contributed by atoms with Crippen LogP contribution in [0.1, 0.15) is 53.4 Å². The number of piperidine rings is 1. The van der Waals surface area contributed by atoms with Gasteiger partial charge in [0, 0.05) is 19.0 Å². The summed E-state index contributed by atoms with van der Waals surface area (Å²) in [7, 11) is 0. The molecule has 122 valence electrons. The molecule has 0 aromatic rings. The Bertz CT molecular complexity index is 365. The summed E-state index contributed by atoms with van der Waals surface area (Å²) in [5.74, 6) is -1.16. The zero-order valence-corrected chi connectivity index (χ0v) is 13.8. The molecule has 0 bridgehead atoms. The molecule has 1 aliphatic heterocycles. The molecule has 5 nitrogen and oxygen atoms in total. The van der Waals surface area contributed by atoms with Crippen molar-refractivity contribution in [1.82, 2.24) is 10.2 Å². The summed E-state index contributed by atoms with van der Waals surface area (Å²) in [4.78, 5) is 25.9. The molecule has 21 heavy (non-hydrogen) atoms. The Hall–Kier alpha value is -1.10. The van der Waals surface area contributed by atoms with E-state index in [1.807, 2.05) is 20.8 Å². The molecule has 1 rings (SSSR count). The summed E-state index contributed by atoms with van der Waals surface area (Å²) >= 11 is 0. The summed E-state index contributed by atoms with van der Waals surface area (Å²) in [5, 5.41) is 12.3. The minimum Gasteiger partial charge on any atom is -0.481 e. The van der Waals surface area contributed by atoms with Gasteiger partial charge in [-0.3, -0.25) is 9.59 Å². The van der Waals surface area contributed by atoms with Gasteiger partial charge >= 0.3 is 5.97 Å². The van der Waals surface area contributed by atoms with Gasteiger partial charge in [0.15, 0.2) is 0 Å². The highest BCUT2D eigenvalue weighted by Crippen LogP contribution is 2.31. The highest BCUT2D eigenvalue weighted by Gasteiger charge is 2.38. The van der Waals surface area contributed by atoms with Crippen molar-refractivity contribution in [1.29, 1.82) is 0 Å². The lowest BCUT2D eigenvalue weighted by molar-refractivity contribution is -0.153. The van der Waals surface area contributed by atoms with Crippen molar-refractivity contribution in [2.75, 3.05) is 19.6 Å². The number of carboxylic acid groups (broad SMARTS) is 1. The van der Waals surface area contributed by atoms with Crippen molar-refractivity contribution in [3.8, 4) is 0 Å². The first kappa shape index (κ1) is 18.0. The summed E-state index contributed by atoms with van der Waals surface area (Å²) in [6.45, 7) is 10.4. The molecule has 1 saturated heterocycles. The summed E-state index contributed by atoms with van der Waals surface area (Å²) < 4.78 is 0. The number of hydrogen-bond donors (Lipinski definition) is 2. The first-order valence-electron chi connectivity index (χ1n) is 8.01. The van der Waals surface area contributed by atoms with Crippen molar-refractivity contribution >= 4 is 11.9 Å². The highest BCUT2D eigenvalue weighted by atomic mass is 16.4. The normalized spacial score (nSPS) is 20.8. The highest BCUT2D eigenvalue weighted by molar-refractivity contribution is 5.85. The molecule has 1 aliphatic rings. The van der Waals surface area contributed by atoms with E-state index in [9.17, 15) is 14.7 Å². The van der Waals surface area contributed by atoms with Crippen LogP contribution in [0.4, 0.5) is 0 Å². The molecule has 2 atom stereocenters. The Balaban J connectivity index is 2.46. The minimum absolute atomic E-state index is 0.0321. The predicted octanol–water partition coefficient (Wildman–Crippen LogP) is 2.11. The van der Waals surface area contributed by atoms with Gasteiger partial charge in [0.1, 0.15) is 0 Å². The van der Waals surface area contributed by atoms with Crippen LogP contribution in [0.25, 0.3) is 0 Å². The summed E-state index contributed by atoms with van der Waals surface area (Å²) in [5.41, 5.74) is -1.01. The van der Waals surface area contributed by atoms with Crippen molar-refractivity contribution < 1.29 is 14.7 Å². The van der Waals surface area contributed by atoms with Gasteiger partial charge in [0.2, 0.25) is 5.91 Å². The van der Waals surface area contributed by atoms with Crippen LogP contribution in [-0.2, 0) is 9.59 Å². The maximum atomic E-state index is 12.1. The summed E-state index contributed by atoms with van der Waals surface area (Å²) in [6.07, 6.45) is 3.78. The van der Waals surface area contributed by atoms with Crippen molar-refractivity contribution in [2.45, 2.75) is 59.4 Å². The number of likely N-dealkylation sites (tertiary alicyclic amines) is 1. The molecule has 0 spiro atoms. The molecule has 1 fully saturated rings. The molecule has 1 amide bonds. The largest absolute Gasteiger partial charge is 0.481 e. The van der Waals surface area contributed by atoms with Gasteiger partial charge in [-0.05, 0) is 45.7 Å².